The fourth-order valence-electron chi connectivity index (χ4n) is 1.69. The summed E-state index contributed by atoms with van der Waals surface area (Å²) in [5, 5.41) is 0.229. The summed E-state index contributed by atoms with van der Waals surface area (Å²) in [6, 6.07) is 0. The predicted octanol–water partition coefficient (Wildman–Crippen LogP) is 1.75. The Labute approximate surface area is 81.2 Å². The van der Waals surface area contributed by atoms with E-state index in [0.717, 1.165) is 36.8 Å². The van der Waals surface area contributed by atoms with E-state index in [1.54, 1.807) is 6.20 Å². The number of aryl methyl sites for hydroxylation is 1. The van der Waals surface area contributed by atoms with Gasteiger partial charge in [-0.2, -0.15) is 0 Å². The molecule has 1 aliphatic rings. The third-order valence-corrected chi connectivity index (χ3v) is 2.53. The maximum Gasteiger partial charge on any atom is 0.222 e. The molecule has 0 saturated heterocycles. The second kappa shape index (κ2) is 3.42. The molecule has 1 aromatic heterocycles. The zero-order chi connectivity index (χ0) is 9.26. The van der Waals surface area contributed by atoms with Crippen LogP contribution in [0.3, 0.4) is 0 Å². The van der Waals surface area contributed by atoms with Gasteiger partial charge in [-0.15, -0.1) is 0 Å². The van der Waals surface area contributed by atoms with Crippen molar-refractivity contribution in [1.82, 2.24) is 9.97 Å². The molecule has 1 atom stereocenters. The van der Waals surface area contributed by atoms with Gasteiger partial charge in [-0.1, -0.05) is 0 Å². The van der Waals surface area contributed by atoms with Crippen molar-refractivity contribution in [2.24, 2.45) is 0 Å². The van der Waals surface area contributed by atoms with Crippen molar-refractivity contribution in [1.29, 1.82) is 0 Å². The second-order valence-corrected chi connectivity index (χ2v) is 3.52. The molecule has 0 fully saturated rings. The monoisotopic (exact) mass is 196 g/mol. The fourth-order valence-corrected chi connectivity index (χ4v) is 1.83. The fraction of sp³-hybridized carbons (Fsp3) is 0.444. The van der Waals surface area contributed by atoms with Crippen molar-refractivity contribution in [3.8, 4) is 0 Å². The molecule has 1 aliphatic carbocycles. The molecule has 0 radical (unpaired) electrons. The van der Waals surface area contributed by atoms with Crippen LogP contribution in [0.1, 0.15) is 30.0 Å². The van der Waals surface area contributed by atoms with Crippen molar-refractivity contribution >= 4 is 17.9 Å². The van der Waals surface area contributed by atoms with E-state index < -0.39 is 0 Å². The molecule has 0 amide bonds. The highest BCUT2D eigenvalue weighted by atomic mass is 35.5. The Morgan fingerprint density at radius 2 is 2.46 bits per heavy atom. The average molecular weight is 197 g/mol. The van der Waals surface area contributed by atoms with Gasteiger partial charge < -0.3 is 4.79 Å². The number of halogens is 1. The molecule has 1 heterocycles. The summed E-state index contributed by atoms with van der Waals surface area (Å²) in [6.45, 7) is 0. The van der Waals surface area contributed by atoms with Gasteiger partial charge in [0.05, 0.1) is 11.6 Å². The Morgan fingerprint density at radius 1 is 1.62 bits per heavy atom. The van der Waals surface area contributed by atoms with E-state index in [1.165, 1.54) is 0 Å². The first kappa shape index (κ1) is 8.63. The van der Waals surface area contributed by atoms with Gasteiger partial charge >= 0.3 is 0 Å². The van der Waals surface area contributed by atoms with Crippen LogP contribution in [-0.2, 0) is 11.2 Å². The Kier molecular flexibility index (Phi) is 2.27. The second-order valence-electron chi connectivity index (χ2n) is 3.18. The lowest BCUT2D eigenvalue weighted by Gasteiger charge is -2.19. The van der Waals surface area contributed by atoms with Crippen molar-refractivity contribution in [2.75, 3.05) is 0 Å². The number of aldehydes is 1. The Hall–Kier alpha value is -0.960. The maximum absolute atomic E-state index is 10.7. The Morgan fingerprint density at radius 3 is 3.23 bits per heavy atom. The van der Waals surface area contributed by atoms with Gasteiger partial charge in [0.2, 0.25) is 5.28 Å². The van der Waals surface area contributed by atoms with Crippen LogP contribution in [0.5, 0.6) is 0 Å². The van der Waals surface area contributed by atoms with Crippen LogP contribution in [-0.4, -0.2) is 16.3 Å². The van der Waals surface area contributed by atoms with Crippen LogP contribution < -0.4 is 0 Å². The van der Waals surface area contributed by atoms with E-state index in [9.17, 15) is 4.79 Å². The Bertz CT molecular complexity index is 340. The van der Waals surface area contributed by atoms with E-state index in [1.807, 2.05) is 0 Å². The maximum atomic E-state index is 10.7. The molecule has 4 heteroatoms. The summed E-state index contributed by atoms with van der Waals surface area (Å²) in [6.07, 6.45) is 5.53. The molecule has 13 heavy (non-hydrogen) atoms. The van der Waals surface area contributed by atoms with Crippen molar-refractivity contribution in [2.45, 2.75) is 25.2 Å². The molecule has 1 unspecified atom stereocenters. The molecule has 0 saturated carbocycles. The van der Waals surface area contributed by atoms with E-state index in [2.05, 4.69) is 9.97 Å². The number of hydrogen-bond acceptors (Lipinski definition) is 3. The summed E-state index contributed by atoms with van der Waals surface area (Å²) < 4.78 is 0. The van der Waals surface area contributed by atoms with Crippen LogP contribution in [0.4, 0.5) is 0 Å². The average Bonchev–Trinajstić information content (AvgIpc) is 2.17. The van der Waals surface area contributed by atoms with E-state index >= 15 is 0 Å². The van der Waals surface area contributed by atoms with Gasteiger partial charge in [0, 0.05) is 6.20 Å². The molecule has 68 valence electrons. The minimum atomic E-state index is -0.0794. The third-order valence-electron chi connectivity index (χ3n) is 2.35. The molecular weight excluding hydrogens is 188 g/mol. The highest BCUT2D eigenvalue weighted by Crippen LogP contribution is 2.28. The summed E-state index contributed by atoms with van der Waals surface area (Å²) in [7, 11) is 0. The summed E-state index contributed by atoms with van der Waals surface area (Å²) >= 11 is 5.66. The number of aromatic nitrogens is 2. The first-order chi connectivity index (χ1) is 6.31. The molecule has 0 N–H and O–H groups in total. The minimum absolute atomic E-state index is 0.0794. The van der Waals surface area contributed by atoms with Gasteiger partial charge in [-0.05, 0) is 36.4 Å². The predicted molar refractivity (Wildman–Crippen MR) is 48.8 cm³/mol. The van der Waals surface area contributed by atoms with Crippen LogP contribution in [0.15, 0.2) is 6.20 Å². The SMILES string of the molecule is O=CC1CCCc2cnc(Cl)nc21. The molecule has 3 nitrogen and oxygen atoms in total. The molecule has 0 bridgehead atoms. The number of fused-ring (bicyclic) bond motifs is 1. The van der Waals surface area contributed by atoms with Crippen LogP contribution >= 0.6 is 11.6 Å². The van der Waals surface area contributed by atoms with Crippen molar-refractivity contribution in [3.05, 3.63) is 22.7 Å². The molecule has 0 aromatic carbocycles. The van der Waals surface area contributed by atoms with Gasteiger partial charge in [0.25, 0.3) is 0 Å². The van der Waals surface area contributed by atoms with E-state index in [4.69, 9.17) is 11.6 Å². The number of nitrogens with zero attached hydrogens (tertiary/aromatic N) is 2. The lowest BCUT2D eigenvalue weighted by atomic mass is 9.88. The van der Waals surface area contributed by atoms with Crippen LogP contribution in [0, 0.1) is 0 Å². The summed E-state index contributed by atoms with van der Waals surface area (Å²) in [5.74, 6) is -0.0794. The van der Waals surface area contributed by atoms with Gasteiger partial charge in [0.1, 0.15) is 6.29 Å². The molecular formula is C9H9ClN2O. The zero-order valence-corrected chi connectivity index (χ0v) is 7.79. The molecule has 2 rings (SSSR count). The molecule has 1 aromatic rings. The van der Waals surface area contributed by atoms with Crippen molar-refractivity contribution in [3.63, 3.8) is 0 Å². The van der Waals surface area contributed by atoms with Gasteiger partial charge in [-0.3, -0.25) is 0 Å². The van der Waals surface area contributed by atoms with Crippen LogP contribution in [0.2, 0.25) is 5.28 Å². The number of carbonyl (C=O) groups excluding carboxylic acids is 1. The molecule has 0 aliphatic heterocycles. The number of rotatable bonds is 1. The van der Waals surface area contributed by atoms with Gasteiger partial charge in [0.15, 0.2) is 0 Å². The lowest BCUT2D eigenvalue weighted by molar-refractivity contribution is -0.109. The largest absolute Gasteiger partial charge is 0.303 e. The Balaban J connectivity index is 2.47. The van der Waals surface area contributed by atoms with E-state index in [-0.39, 0.29) is 11.2 Å². The summed E-state index contributed by atoms with van der Waals surface area (Å²) in [4.78, 5) is 18.7. The smallest absolute Gasteiger partial charge is 0.222 e. The zero-order valence-electron chi connectivity index (χ0n) is 7.03. The normalized spacial score (nSPS) is 20.8. The summed E-state index contributed by atoms with van der Waals surface area (Å²) in [5.41, 5.74) is 1.88. The number of carbonyl (C=O) groups is 1. The first-order valence-electron chi connectivity index (χ1n) is 4.28. The highest BCUT2D eigenvalue weighted by Gasteiger charge is 2.21. The number of hydrogen-bond donors (Lipinski definition) is 0. The first-order valence-corrected chi connectivity index (χ1v) is 4.65. The minimum Gasteiger partial charge on any atom is -0.303 e. The third kappa shape index (κ3) is 1.56. The quantitative estimate of drug-likeness (QED) is 0.508. The standard InChI is InChI=1S/C9H9ClN2O/c10-9-11-4-6-2-1-3-7(5-13)8(6)12-9/h4-5,7H,1-3H2. The van der Waals surface area contributed by atoms with Crippen LogP contribution in [0.25, 0.3) is 0 Å². The van der Waals surface area contributed by atoms with Gasteiger partial charge in [-0.25, -0.2) is 9.97 Å². The lowest BCUT2D eigenvalue weighted by Crippen LogP contribution is -2.13. The topological polar surface area (TPSA) is 42.9 Å². The van der Waals surface area contributed by atoms with E-state index in [0.29, 0.717) is 0 Å². The highest BCUT2D eigenvalue weighted by molar-refractivity contribution is 6.28. The van der Waals surface area contributed by atoms with Crippen molar-refractivity contribution < 1.29 is 4.79 Å². The molecule has 0 spiro atoms.